The Bertz CT molecular complexity index is 644. The Balaban J connectivity index is 2.68. The molecule has 4 nitrogen and oxygen atoms in total. The number of aryl methyl sites for hydroxylation is 2. The zero-order valence-electron chi connectivity index (χ0n) is 10.1. The summed E-state index contributed by atoms with van der Waals surface area (Å²) in [4.78, 5) is 15.0. The number of hydrogen-bond acceptors (Lipinski definition) is 2. The number of halogens is 1. The lowest BCUT2D eigenvalue weighted by Crippen LogP contribution is -1.97. The fourth-order valence-corrected chi connectivity index (χ4v) is 2.59. The Morgan fingerprint density at radius 2 is 2.28 bits per heavy atom. The summed E-state index contributed by atoms with van der Waals surface area (Å²) >= 11 is 3.49. The maximum Gasteiger partial charge on any atom is 0.328 e. The van der Waals surface area contributed by atoms with Crippen molar-refractivity contribution in [2.45, 2.75) is 20.4 Å². The lowest BCUT2D eigenvalue weighted by Gasteiger charge is -2.03. The quantitative estimate of drug-likeness (QED) is 0.886. The summed E-state index contributed by atoms with van der Waals surface area (Å²) < 4.78 is 2.92. The van der Waals surface area contributed by atoms with Crippen LogP contribution in [0.15, 0.2) is 22.7 Å². The Kier molecular flexibility index (Phi) is 3.52. The van der Waals surface area contributed by atoms with E-state index in [0.29, 0.717) is 5.82 Å². The van der Waals surface area contributed by atoms with E-state index in [0.717, 1.165) is 33.7 Å². The van der Waals surface area contributed by atoms with Crippen molar-refractivity contribution in [2.75, 3.05) is 0 Å². The van der Waals surface area contributed by atoms with Gasteiger partial charge in [-0.1, -0.05) is 0 Å². The van der Waals surface area contributed by atoms with Gasteiger partial charge >= 0.3 is 5.97 Å². The Morgan fingerprint density at radius 1 is 1.56 bits per heavy atom. The van der Waals surface area contributed by atoms with Crippen molar-refractivity contribution in [2.24, 2.45) is 0 Å². The summed E-state index contributed by atoms with van der Waals surface area (Å²) in [6, 6.07) is 4.05. The zero-order valence-corrected chi connectivity index (χ0v) is 11.7. The molecule has 1 N–H and O–H groups in total. The minimum absolute atomic E-state index is 0.654. The van der Waals surface area contributed by atoms with E-state index < -0.39 is 5.97 Å². The molecule has 0 saturated heterocycles. The van der Waals surface area contributed by atoms with Crippen LogP contribution in [0.5, 0.6) is 0 Å². The standard InChI is InChI=1S/C13H13BrN2O2/c1-3-16-10-7-8(2)6-9(14)13(10)15-11(16)4-5-12(17)18/h4-7H,3H2,1-2H3,(H,17,18)/b5-4+. The first-order chi connectivity index (χ1) is 8.52. The number of carbonyl (C=O) groups is 1. The van der Waals surface area contributed by atoms with Crippen molar-refractivity contribution in [3.05, 3.63) is 34.1 Å². The van der Waals surface area contributed by atoms with E-state index >= 15 is 0 Å². The van der Waals surface area contributed by atoms with Crippen LogP contribution in [-0.2, 0) is 11.3 Å². The van der Waals surface area contributed by atoms with Crippen LogP contribution in [0.4, 0.5) is 0 Å². The summed E-state index contributed by atoms with van der Waals surface area (Å²) in [6.45, 7) is 4.77. The SMILES string of the molecule is CCn1c(/C=C/C(=O)O)nc2c(Br)cc(C)cc21. The number of benzene rings is 1. The first-order valence-corrected chi connectivity index (χ1v) is 6.39. The minimum atomic E-state index is -0.972. The first-order valence-electron chi connectivity index (χ1n) is 5.60. The number of hydrogen-bond donors (Lipinski definition) is 1. The van der Waals surface area contributed by atoms with Gasteiger partial charge in [0.2, 0.25) is 0 Å². The van der Waals surface area contributed by atoms with Crippen LogP contribution in [0.1, 0.15) is 18.3 Å². The highest BCUT2D eigenvalue weighted by Crippen LogP contribution is 2.26. The highest BCUT2D eigenvalue weighted by atomic mass is 79.9. The Morgan fingerprint density at radius 3 is 2.89 bits per heavy atom. The van der Waals surface area contributed by atoms with Crippen LogP contribution in [0, 0.1) is 6.92 Å². The number of rotatable bonds is 3. The van der Waals surface area contributed by atoms with Crippen molar-refractivity contribution in [3.63, 3.8) is 0 Å². The molecule has 0 aliphatic rings. The third-order valence-electron chi connectivity index (χ3n) is 2.67. The molecule has 0 unspecified atom stereocenters. The molecule has 0 fully saturated rings. The van der Waals surface area contributed by atoms with Gasteiger partial charge in [0.25, 0.3) is 0 Å². The molecule has 0 bridgehead atoms. The normalized spacial score (nSPS) is 11.5. The lowest BCUT2D eigenvalue weighted by atomic mass is 10.2. The number of imidazole rings is 1. The van der Waals surface area contributed by atoms with Crippen molar-refractivity contribution in [1.29, 1.82) is 0 Å². The van der Waals surface area contributed by atoms with Crippen molar-refractivity contribution in [3.8, 4) is 0 Å². The predicted molar refractivity (Wildman–Crippen MR) is 74.5 cm³/mol. The number of fused-ring (bicyclic) bond motifs is 1. The second kappa shape index (κ2) is 4.94. The molecule has 94 valence electrons. The van der Waals surface area contributed by atoms with Crippen LogP contribution in [0.2, 0.25) is 0 Å². The number of aliphatic carboxylic acids is 1. The minimum Gasteiger partial charge on any atom is -0.478 e. The van der Waals surface area contributed by atoms with Crippen LogP contribution >= 0.6 is 15.9 Å². The second-order valence-corrected chi connectivity index (χ2v) is 4.85. The van der Waals surface area contributed by atoms with Gasteiger partial charge in [-0.3, -0.25) is 0 Å². The molecule has 0 aliphatic carbocycles. The van der Waals surface area contributed by atoms with E-state index in [4.69, 9.17) is 5.11 Å². The molecule has 5 heteroatoms. The summed E-state index contributed by atoms with van der Waals surface area (Å²) in [5.41, 5.74) is 3.00. The van der Waals surface area contributed by atoms with Gasteiger partial charge < -0.3 is 9.67 Å². The van der Waals surface area contributed by atoms with Crippen molar-refractivity contribution >= 4 is 39.0 Å². The maximum absolute atomic E-state index is 10.6. The zero-order chi connectivity index (χ0) is 13.3. The van der Waals surface area contributed by atoms with Gasteiger partial charge in [-0.15, -0.1) is 0 Å². The van der Waals surface area contributed by atoms with Gasteiger partial charge in [-0.2, -0.15) is 0 Å². The number of carboxylic acids is 1. The van der Waals surface area contributed by atoms with Crippen LogP contribution in [-0.4, -0.2) is 20.6 Å². The molecule has 2 rings (SSSR count). The molecule has 0 amide bonds. The third kappa shape index (κ3) is 2.31. The van der Waals surface area contributed by atoms with E-state index in [-0.39, 0.29) is 0 Å². The van der Waals surface area contributed by atoms with E-state index in [1.165, 1.54) is 6.08 Å². The Hall–Kier alpha value is -1.62. The molecule has 2 aromatic rings. The highest BCUT2D eigenvalue weighted by Gasteiger charge is 2.10. The molecule has 0 radical (unpaired) electrons. The Labute approximate surface area is 113 Å². The van der Waals surface area contributed by atoms with Crippen LogP contribution in [0.25, 0.3) is 17.1 Å². The molecule has 1 aromatic carbocycles. The van der Waals surface area contributed by atoms with Crippen molar-refractivity contribution in [1.82, 2.24) is 9.55 Å². The molecule has 0 spiro atoms. The highest BCUT2D eigenvalue weighted by molar-refractivity contribution is 9.10. The van der Waals surface area contributed by atoms with Crippen LogP contribution < -0.4 is 0 Å². The average Bonchev–Trinajstić information content (AvgIpc) is 2.64. The first kappa shape index (κ1) is 12.8. The van der Waals surface area contributed by atoms with E-state index in [1.807, 2.05) is 24.5 Å². The summed E-state index contributed by atoms with van der Waals surface area (Å²) in [7, 11) is 0. The molecule has 0 saturated carbocycles. The van der Waals surface area contributed by atoms with Gasteiger partial charge in [0.15, 0.2) is 0 Å². The number of nitrogens with zero attached hydrogens (tertiary/aromatic N) is 2. The van der Waals surface area contributed by atoms with E-state index in [2.05, 4.69) is 27.0 Å². The molecular formula is C13H13BrN2O2. The van der Waals surface area contributed by atoms with Gasteiger partial charge in [0.1, 0.15) is 11.3 Å². The second-order valence-electron chi connectivity index (χ2n) is 4.00. The monoisotopic (exact) mass is 308 g/mol. The maximum atomic E-state index is 10.6. The molecule has 18 heavy (non-hydrogen) atoms. The molecule has 0 atom stereocenters. The summed E-state index contributed by atoms with van der Waals surface area (Å²) in [6.07, 6.45) is 2.63. The van der Waals surface area contributed by atoms with E-state index in [1.54, 1.807) is 0 Å². The molecule has 0 aliphatic heterocycles. The van der Waals surface area contributed by atoms with E-state index in [9.17, 15) is 4.79 Å². The van der Waals surface area contributed by atoms with Gasteiger partial charge in [0.05, 0.1) is 5.52 Å². The van der Waals surface area contributed by atoms with Crippen LogP contribution in [0.3, 0.4) is 0 Å². The molecular weight excluding hydrogens is 296 g/mol. The van der Waals surface area contributed by atoms with Gasteiger partial charge in [-0.25, -0.2) is 9.78 Å². The largest absolute Gasteiger partial charge is 0.478 e. The van der Waals surface area contributed by atoms with Crippen molar-refractivity contribution < 1.29 is 9.90 Å². The third-order valence-corrected chi connectivity index (χ3v) is 3.28. The number of aromatic nitrogens is 2. The fourth-order valence-electron chi connectivity index (χ4n) is 1.94. The summed E-state index contributed by atoms with van der Waals surface area (Å²) in [5, 5.41) is 8.68. The smallest absolute Gasteiger partial charge is 0.328 e. The van der Waals surface area contributed by atoms with Gasteiger partial charge in [0, 0.05) is 17.1 Å². The topological polar surface area (TPSA) is 55.1 Å². The fraction of sp³-hybridized carbons (Fsp3) is 0.231. The molecule has 1 heterocycles. The number of carboxylic acid groups (broad SMARTS) is 1. The van der Waals surface area contributed by atoms with Gasteiger partial charge in [-0.05, 0) is 53.5 Å². The predicted octanol–water partition coefficient (Wildman–Crippen LogP) is 3.22. The molecule has 1 aromatic heterocycles. The average molecular weight is 309 g/mol. The summed E-state index contributed by atoms with van der Waals surface area (Å²) in [5.74, 6) is -0.318. The lowest BCUT2D eigenvalue weighted by molar-refractivity contribution is -0.131.